The van der Waals surface area contributed by atoms with Gasteiger partial charge in [0.1, 0.15) is 0 Å². The van der Waals surface area contributed by atoms with Gasteiger partial charge in [-0.25, -0.2) is 0 Å². The van der Waals surface area contributed by atoms with E-state index in [2.05, 4.69) is 35.0 Å². The minimum Gasteiger partial charge on any atom is -0.0812 e. The molecular formula is C7H9Br. The molecule has 0 radical (unpaired) electrons. The minimum absolute atomic E-state index is 1.18. The fourth-order valence-electron chi connectivity index (χ4n) is 0.816. The Balaban J connectivity index is 2.69. The van der Waals surface area contributed by atoms with E-state index >= 15 is 0 Å². The predicted molar refractivity (Wildman–Crippen MR) is 40.0 cm³/mol. The summed E-state index contributed by atoms with van der Waals surface area (Å²) in [5, 5.41) is 0. The van der Waals surface area contributed by atoms with Crippen molar-refractivity contribution in [3.63, 3.8) is 0 Å². The van der Waals surface area contributed by atoms with Crippen LogP contribution in [0.3, 0.4) is 0 Å². The molecule has 44 valence electrons. The Morgan fingerprint density at radius 3 is 2.75 bits per heavy atom. The number of hydrogen-bond donors (Lipinski definition) is 0. The van der Waals surface area contributed by atoms with Crippen LogP contribution in [-0.4, -0.2) is 0 Å². The van der Waals surface area contributed by atoms with Crippen molar-refractivity contribution in [2.45, 2.75) is 19.8 Å². The monoisotopic (exact) mass is 172 g/mol. The molecule has 1 heteroatoms. The second kappa shape index (κ2) is 2.49. The topological polar surface area (TPSA) is 0 Å². The van der Waals surface area contributed by atoms with Crippen LogP contribution < -0.4 is 0 Å². The lowest BCUT2D eigenvalue weighted by molar-refractivity contribution is 1.01. The molecule has 1 rings (SSSR count). The summed E-state index contributed by atoms with van der Waals surface area (Å²) in [5.41, 5.74) is 1.38. The fourth-order valence-corrected chi connectivity index (χ4v) is 1.41. The first-order valence-electron chi connectivity index (χ1n) is 2.82. The van der Waals surface area contributed by atoms with Crippen molar-refractivity contribution >= 4 is 15.9 Å². The zero-order valence-corrected chi connectivity index (χ0v) is 6.53. The third-order valence-electron chi connectivity index (χ3n) is 1.23. The molecule has 8 heavy (non-hydrogen) atoms. The van der Waals surface area contributed by atoms with E-state index in [1.165, 1.54) is 22.9 Å². The lowest BCUT2D eigenvalue weighted by Crippen LogP contribution is -1.81. The molecule has 0 heterocycles. The van der Waals surface area contributed by atoms with Crippen molar-refractivity contribution in [2.24, 2.45) is 0 Å². The standard InChI is InChI=1S/C7H9Br/c1-6-3-2-4-7(8)5-6/h3,5H,2,4H2,1H3. The second-order valence-electron chi connectivity index (χ2n) is 2.08. The maximum absolute atomic E-state index is 3.45. The summed E-state index contributed by atoms with van der Waals surface area (Å²) < 4.78 is 1.33. The Bertz CT molecular complexity index is 142. The highest BCUT2D eigenvalue weighted by molar-refractivity contribution is 9.11. The number of allylic oxidation sites excluding steroid dienone is 4. The summed E-state index contributed by atoms with van der Waals surface area (Å²) in [4.78, 5) is 0. The first kappa shape index (κ1) is 6.09. The molecule has 1 aliphatic rings. The third kappa shape index (κ3) is 1.48. The van der Waals surface area contributed by atoms with Crippen LogP contribution in [0.2, 0.25) is 0 Å². The fraction of sp³-hybridized carbons (Fsp3) is 0.429. The van der Waals surface area contributed by atoms with Gasteiger partial charge in [0.25, 0.3) is 0 Å². The van der Waals surface area contributed by atoms with Crippen LogP contribution in [0.5, 0.6) is 0 Å². The van der Waals surface area contributed by atoms with Crippen molar-refractivity contribution in [3.05, 3.63) is 22.2 Å². The Kier molecular flexibility index (Phi) is 1.90. The largest absolute Gasteiger partial charge is 0.0812 e. The van der Waals surface area contributed by atoms with Crippen LogP contribution in [0.4, 0.5) is 0 Å². The Morgan fingerprint density at radius 2 is 2.38 bits per heavy atom. The van der Waals surface area contributed by atoms with Gasteiger partial charge in [-0.15, -0.1) is 0 Å². The highest BCUT2D eigenvalue weighted by Gasteiger charge is 1.96. The first-order valence-corrected chi connectivity index (χ1v) is 3.61. The van der Waals surface area contributed by atoms with Crippen molar-refractivity contribution < 1.29 is 0 Å². The van der Waals surface area contributed by atoms with Gasteiger partial charge in [0, 0.05) is 0 Å². The first-order chi connectivity index (χ1) is 3.79. The van der Waals surface area contributed by atoms with Gasteiger partial charge in [0.15, 0.2) is 0 Å². The Hall–Kier alpha value is -0.0400. The van der Waals surface area contributed by atoms with E-state index in [1.807, 2.05) is 0 Å². The molecule has 0 bridgehead atoms. The molecule has 0 unspecified atom stereocenters. The van der Waals surface area contributed by atoms with E-state index < -0.39 is 0 Å². The van der Waals surface area contributed by atoms with Gasteiger partial charge in [0.2, 0.25) is 0 Å². The Morgan fingerprint density at radius 1 is 1.62 bits per heavy atom. The van der Waals surface area contributed by atoms with E-state index in [4.69, 9.17) is 0 Å². The van der Waals surface area contributed by atoms with Gasteiger partial charge in [-0.05, 0) is 30.3 Å². The molecule has 0 aromatic heterocycles. The van der Waals surface area contributed by atoms with Gasteiger partial charge in [-0.3, -0.25) is 0 Å². The maximum atomic E-state index is 3.45. The third-order valence-corrected chi connectivity index (χ3v) is 1.86. The summed E-state index contributed by atoms with van der Waals surface area (Å²) >= 11 is 3.45. The van der Waals surface area contributed by atoms with E-state index in [0.717, 1.165) is 0 Å². The van der Waals surface area contributed by atoms with E-state index in [1.54, 1.807) is 0 Å². The summed E-state index contributed by atoms with van der Waals surface area (Å²) in [5.74, 6) is 0. The van der Waals surface area contributed by atoms with Crippen molar-refractivity contribution in [1.29, 1.82) is 0 Å². The summed E-state index contributed by atoms with van der Waals surface area (Å²) in [6.45, 7) is 2.13. The van der Waals surface area contributed by atoms with Gasteiger partial charge < -0.3 is 0 Å². The molecule has 0 nitrogen and oxygen atoms in total. The molecule has 0 aromatic carbocycles. The number of hydrogen-bond acceptors (Lipinski definition) is 0. The lowest BCUT2D eigenvalue weighted by Gasteiger charge is -2.03. The molecule has 0 atom stereocenters. The lowest BCUT2D eigenvalue weighted by atomic mass is 10.1. The van der Waals surface area contributed by atoms with Crippen LogP contribution in [0, 0.1) is 0 Å². The highest BCUT2D eigenvalue weighted by Crippen LogP contribution is 2.20. The smallest absolute Gasteiger partial charge is 0.00438 e. The predicted octanol–water partition coefficient (Wildman–Crippen LogP) is 3.01. The number of halogens is 1. The van der Waals surface area contributed by atoms with E-state index in [-0.39, 0.29) is 0 Å². The molecule has 0 aromatic rings. The molecule has 0 amide bonds. The van der Waals surface area contributed by atoms with E-state index in [0.29, 0.717) is 0 Å². The molecule has 0 N–H and O–H groups in total. The van der Waals surface area contributed by atoms with E-state index in [9.17, 15) is 0 Å². The quantitative estimate of drug-likeness (QED) is 0.528. The van der Waals surface area contributed by atoms with Crippen LogP contribution >= 0.6 is 15.9 Å². The summed E-state index contributed by atoms with van der Waals surface area (Å²) in [6, 6.07) is 0. The zero-order chi connectivity index (χ0) is 5.98. The molecule has 0 spiro atoms. The highest BCUT2D eigenvalue weighted by atomic mass is 79.9. The summed E-state index contributed by atoms with van der Waals surface area (Å²) in [7, 11) is 0. The van der Waals surface area contributed by atoms with Crippen LogP contribution in [0.25, 0.3) is 0 Å². The van der Waals surface area contributed by atoms with Crippen molar-refractivity contribution in [1.82, 2.24) is 0 Å². The van der Waals surface area contributed by atoms with Gasteiger partial charge >= 0.3 is 0 Å². The maximum Gasteiger partial charge on any atom is -0.00438 e. The molecular weight excluding hydrogens is 164 g/mol. The normalized spacial score (nSPS) is 19.8. The molecule has 0 saturated heterocycles. The van der Waals surface area contributed by atoms with Crippen molar-refractivity contribution in [3.8, 4) is 0 Å². The molecule has 0 saturated carbocycles. The average molecular weight is 173 g/mol. The molecule has 0 fully saturated rings. The van der Waals surface area contributed by atoms with Crippen LogP contribution in [0.15, 0.2) is 22.2 Å². The SMILES string of the molecule is CC1=CCCC(Br)=C1. The number of rotatable bonds is 0. The van der Waals surface area contributed by atoms with Crippen LogP contribution in [-0.2, 0) is 0 Å². The van der Waals surface area contributed by atoms with Gasteiger partial charge in [-0.1, -0.05) is 27.6 Å². The second-order valence-corrected chi connectivity index (χ2v) is 3.10. The minimum atomic E-state index is 1.18. The van der Waals surface area contributed by atoms with Crippen LogP contribution in [0.1, 0.15) is 19.8 Å². The van der Waals surface area contributed by atoms with Crippen molar-refractivity contribution in [2.75, 3.05) is 0 Å². The molecule has 1 aliphatic carbocycles. The molecule has 0 aliphatic heterocycles. The van der Waals surface area contributed by atoms with Gasteiger partial charge in [-0.2, -0.15) is 0 Å². The summed E-state index contributed by atoms with van der Waals surface area (Å²) in [6.07, 6.45) is 6.80. The average Bonchev–Trinajstić information content (AvgIpc) is 1.64. The zero-order valence-electron chi connectivity index (χ0n) is 4.95. The Labute approximate surface area is 58.4 Å². The van der Waals surface area contributed by atoms with Gasteiger partial charge in [0.05, 0.1) is 0 Å².